The van der Waals surface area contributed by atoms with Crippen LogP contribution in [0.4, 0.5) is 39.5 Å². The van der Waals surface area contributed by atoms with Crippen LogP contribution in [0.15, 0.2) is 78.9 Å². The molecule has 0 aromatic heterocycles. The Kier molecular flexibility index (Phi) is 7.55. The summed E-state index contributed by atoms with van der Waals surface area (Å²) < 4.78 is 135. The first-order chi connectivity index (χ1) is 18.5. The maximum absolute atomic E-state index is 14.8. The monoisotopic (exact) mass is 764 g/mol. The van der Waals surface area contributed by atoms with Gasteiger partial charge in [-0.2, -0.15) is 0 Å². The Balaban J connectivity index is 2.18. The average molecular weight is 766 g/mol. The minimum atomic E-state index is -7.11. The van der Waals surface area contributed by atoms with Gasteiger partial charge < -0.3 is 0 Å². The molecule has 0 amide bonds. The normalized spacial score (nSPS) is 20.9. The first-order valence-corrected chi connectivity index (χ1v) is 23.3. The van der Waals surface area contributed by atoms with Gasteiger partial charge in [-0.1, -0.05) is 0 Å². The van der Waals surface area contributed by atoms with Crippen molar-refractivity contribution in [3.63, 3.8) is 0 Å². The molecule has 2 nitrogen and oxygen atoms in total. The molecule has 1 aliphatic heterocycles. The van der Waals surface area contributed by atoms with Crippen molar-refractivity contribution in [1.82, 2.24) is 0 Å². The van der Waals surface area contributed by atoms with E-state index >= 15 is 0 Å². The number of aliphatic hydroxyl groups is 1. The molecule has 224 valence electrons. The second-order valence-electron chi connectivity index (χ2n) is 11.1. The van der Waals surface area contributed by atoms with E-state index < -0.39 is 69.7 Å². The Bertz CT molecular complexity index is 1420. The second kappa shape index (κ2) is 9.63. The van der Waals surface area contributed by atoms with E-state index in [0.29, 0.717) is 11.6 Å². The van der Waals surface area contributed by atoms with Gasteiger partial charge in [0.2, 0.25) is 0 Å². The fraction of sp³-hybridized carbons (Fsp3) is 0.357. The molecule has 0 radical (unpaired) electrons. The first-order valence-electron chi connectivity index (χ1n) is 12.2. The van der Waals surface area contributed by atoms with Gasteiger partial charge in [0.05, 0.1) is 0 Å². The fourth-order valence-corrected chi connectivity index (χ4v) is 26.5. The molecule has 1 heterocycles. The Morgan fingerprint density at radius 3 is 1.66 bits per heavy atom. The van der Waals surface area contributed by atoms with Crippen LogP contribution >= 0.6 is 12.6 Å². The van der Waals surface area contributed by atoms with Crippen molar-refractivity contribution >= 4 is 35.2 Å². The zero-order valence-corrected chi connectivity index (χ0v) is 25.9. The molecular weight excluding hydrogens is 741 g/mol. The summed E-state index contributed by atoms with van der Waals surface area (Å²) in [7, 11) is 0. The third-order valence-electron chi connectivity index (χ3n) is 7.37. The van der Waals surface area contributed by atoms with Crippen LogP contribution in [-0.4, -0.2) is 39.2 Å². The van der Waals surface area contributed by atoms with Gasteiger partial charge in [0.25, 0.3) is 0 Å². The third-order valence-corrected chi connectivity index (χ3v) is 27.8. The molecule has 0 bridgehead atoms. The second-order valence-corrected chi connectivity index (χ2v) is 31.7. The number of hydrogen-bond donors (Lipinski definition) is 1. The summed E-state index contributed by atoms with van der Waals surface area (Å²) in [5.41, 5.74) is -10.9. The quantitative estimate of drug-likeness (QED) is 0.218. The zero-order chi connectivity index (χ0) is 30.9. The van der Waals surface area contributed by atoms with Crippen LogP contribution < -0.4 is 7.02 Å². The van der Waals surface area contributed by atoms with Gasteiger partial charge in [0, 0.05) is 0 Å². The Hall–Kier alpha value is -1.75. The number of halogens is 10. The van der Waals surface area contributed by atoms with Gasteiger partial charge in [-0.15, -0.1) is 0 Å². The van der Waals surface area contributed by atoms with Gasteiger partial charge in [-0.3, -0.25) is 0 Å². The van der Waals surface area contributed by atoms with E-state index in [1.807, 2.05) is 20.8 Å². The van der Waals surface area contributed by atoms with Crippen molar-refractivity contribution in [2.24, 2.45) is 0 Å². The summed E-state index contributed by atoms with van der Waals surface area (Å²) >= 11 is -3.97. The molecule has 1 unspecified atom stereocenters. The minimum absolute atomic E-state index is 0.313. The molecule has 0 spiro atoms. The Labute approximate surface area is 237 Å². The molecule has 4 rings (SSSR count). The van der Waals surface area contributed by atoms with Crippen LogP contribution in [0.25, 0.3) is 0 Å². The number of rotatable bonds is 4. The number of fused-ring (bicyclic) bond motifs is 1. The van der Waals surface area contributed by atoms with Crippen molar-refractivity contribution in [3.8, 4) is 0 Å². The van der Waals surface area contributed by atoms with Gasteiger partial charge in [-0.25, -0.2) is 0 Å². The summed E-state index contributed by atoms with van der Waals surface area (Å²) in [4.78, 5) is 0. The summed E-state index contributed by atoms with van der Waals surface area (Å²) in [5, 5.41) is 11.4. The van der Waals surface area contributed by atoms with Gasteiger partial charge in [0.1, 0.15) is 0 Å². The van der Waals surface area contributed by atoms with Crippen molar-refractivity contribution in [2.45, 2.75) is 60.3 Å². The van der Waals surface area contributed by atoms with Crippen molar-refractivity contribution in [1.29, 1.82) is 0 Å². The molecule has 41 heavy (non-hydrogen) atoms. The predicted molar refractivity (Wildman–Crippen MR) is 142 cm³/mol. The van der Waals surface area contributed by atoms with Crippen molar-refractivity contribution in [2.75, 3.05) is 0 Å². The molecule has 1 aliphatic rings. The zero-order valence-electron chi connectivity index (χ0n) is 21.8. The van der Waals surface area contributed by atoms with Gasteiger partial charge in [-0.05, 0) is 0 Å². The molecule has 13 heteroatoms. The van der Waals surface area contributed by atoms with E-state index in [4.69, 9.17) is 3.02 Å². The summed E-state index contributed by atoms with van der Waals surface area (Å²) in [6, 6.07) is 14.3. The van der Waals surface area contributed by atoms with Crippen LogP contribution in [0.2, 0.25) is 4.37 Å². The topological polar surface area (TPSA) is 29.5 Å². The molecule has 0 saturated carbocycles. The van der Waals surface area contributed by atoms with E-state index in [2.05, 4.69) is 12.6 Å². The number of hydrogen-bond acceptors (Lipinski definition) is 2. The number of alkyl halides is 9. The summed E-state index contributed by atoms with van der Waals surface area (Å²) in [5.74, 6) is 0. The van der Waals surface area contributed by atoms with Crippen molar-refractivity contribution < 1.29 is 47.6 Å². The summed E-state index contributed by atoms with van der Waals surface area (Å²) in [6.07, 6.45) is -17.8. The number of benzene rings is 3. The standard InChI is InChI=1S/C10H13.C9H4F6O.C9H8F3O.BrH.Sb/c1-10(2,3)9-7-5-4-6-8-9;10-8(11,12)7(16,9(13,14)15)6-4-2-1-3-5-6;1-8(13,9(10,11)12)7-5-3-2-4-6-7;;/h5-8H,1-3H3;1-4H;2-6,13H,1H2;1H;/q;-1;;;+2/p-1. The molecule has 0 saturated heterocycles. The molecule has 1 atom stereocenters. The van der Waals surface area contributed by atoms with Gasteiger partial charge >= 0.3 is 239 Å². The molecule has 0 fully saturated rings. The third kappa shape index (κ3) is 4.81. The van der Waals surface area contributed by atoms with E-state index in [1.165, 1.54) is 42.5 Å². The molecule has 1 N–H and O–H groups in total. The molecule has 0 aliphatic carbocycles. The van der Waals surface area contributed by atoms with E-state index in [-0.39, 0.29) is 3.51 Å². The van der Waals surface area contributed by atoms with Crippen LogP contribution in [0, 0.1) is 0 Å². The van der Waals surface area contributed by atoms with E-state index in [0.717, 1.165) is 30.3 Å². The molecule has 3 aromatic carbocycles. The summed E-state index contributed by atoms with van der Waals surface area (Å²) in [6.45, 7) is 5.42. The van der Waals surface area contributed by atoms with Gasteiger partial charge in [0.15, 0.2) is 0 Å². The van der Waals surface area contributed by atoms with E-state index in [9.17, 15) is 44.6 Å². The molecule has 3 aromatic rings. The SMILES string of the molecule is CC(C)(C)c1cc[c]([Sb]2([Br])([CH2]C(O)(c3ccccc3)C(F)(F)F)[O]C(C(F)(F)F)(C(F)(F)F)c3cccc[c]32)cc1. The van der Waals surface area contributed by atoms with E-state index in [1.54, 1.807) is 0 Å². The van der Waals surface area contributed by atoms with Crippen LogP contribution in [0.5, 0.6) is 0 Å². The Morgan fingerprint density at radius 1 is 0.707 bits per heavy atom. The first kappa shape index (κ1) is 32.2. The average Bonchev–Trinajstić information content (AvgIpc) is 3.12. The molecular formula is C28H25BrF9O2Sb. The fourth-order valence-electron chi connectivity index (χ4n) is 5.24. The van der Waals surface area contributed by atoms with Crippen molar-refractivity contribution in [3.05, 3.63) is 95.6 Å². The maximum atomic E-state index is 14.8. The van der Waals surface area contributed by atoms with Crippen LogP contribution in [0.3, 0.4) is 0 Å². The van der Waals surface area contributed by atoms with Crippen LogP contribution in [0.1, 0.15) is 37.5 Å². The predicted octanol–water partition coefficient (Wildman–Crippen LogP) is 7.69. The van der Waals surface area contributed by atoms with Crippen LogP contribution in [-0.2, 0) is 19.6 Å². The Morgan fingerprint density at radius 2 is 1.20 bits per heavy atom.